The van der Waals surface area contributed by atoms with E-state index in [4.69, 9.17) is 0 Å². The van der Waals surface area contributed by atoms with E-state index >= 15 is 0 Å². The van der Waals surface area contributed by atoms with Crippen LogP contribution >= 0.6 is 0 Å². The van der Waals surface area contributed by atoms with E-state index in [0.717, 1.165) is 38.5 Å². The monoisotopic (exact) mass is 258 g/mol. The van der Waals surface area contributed by atoms with E-state index in [9.17, 15) is 10.2 Å². The summed E-state index contributed by atoms with van der Waals surface area (Å²) in [5, 5.41) is 19.2. The molecule has 0 saturated carbocycles. The van der Waals surface area contributed by atoms with Crippen molar-refractivity contribution in [1.82, 2.24) is 0 Å². The van der Waals surface area contributed by atoms with Crippen molar-refractivity contribution in [1.29, 1.82) is 0 Å². The van der Waals surface area contributed by atoms with Gasteiger partial charge in [-0.1, -0.05) is 58.8 Å². The molecule has 2 atom stereocenters. The molecule has 0 aliphatic heterocycles. The largest absolute Gasteiger partial charge is 0.393 e. The van der Waals surface area contributed by atoms with Crippen molar-refractivity contribution in [2.45, 2.75) is 103 Å². The van der Waals surface area contributed by atoms with E-state index in [1.54, 1.807) is 0 Å². The van der Waals surface area contributed by atoms with Crippen molar-refractivity contribution in [2.24, 2.45) is 0 Å². The lowest BCUT2D eigenvalue weighted by atomic mass is 10.0. The molecule has 0 saturated heterocycles. The molecule has 18 heavy (non-hydrogen) atoms. The van der Waals surface area contributed by atoms with Gasteiger partial charge in [-0.05, 0) is 32.1 Å². The van der Waals surface area contributed by atoms with Crippen molar-refractivity contribution >= 4 is 0 Å². The lowest BCUT2D eigenvalue weighted by Crippen LogP contribution is -2.09. The number of hydrogen-bond donors (Lipinski definition) is 2. The molecule has 0 rings (SSSR count). The zero-order valence-corrected chi connectivity index (χ0v) is 12.5. The highest BCUT2D eigenvalue weighted by Crippen LogP contribution is 2.13. The molecule has 0 aliphatic carbocycles. The summed E-state index contributed by atoms with van der Waals surface area (Å²) in [7, 11) is 0. The lowest BCUT2D eigenvalue weighted by molar-refractivity contribution is 0.125. The third-order valence-electron chi connectivity index (χ3n) is 3.69. The van der Waals surface area contributed by atoms with Gasteiger partial charge in [-0.3, -0.25) is 0 Å². The molecule has 0 aliphatic rings. The molecule has 0 aromatic heterocycles. The van der Waals surface area contributed by atoms with Gasteiger partial charge in [0.05, 0.1) is 12.2 Å². The Morgan fingerprint density at radius 1 is 0.611 bits per heavy atom. The number of hydrogen-bond acceptors (Lipinski definition) is 2. The summed E-state index contributed by atoms with van der Waals surface area (Å²) < 4.78 is 0. The highest BCUT2D eigenvalue weighted by atomic mass is 16.3. The summed E-state index contributed by atoms with van der Waals surface area (Å²) in [4.78, 5) is 0. The van der Waals surface area contributed by atoms with E-state index in [2.05, 4.69) is 6.92 Å². The van der Waals surface area contributed by atoms with Gasteiger partial charge >= 0.3 is 0 Å². The Hall–Kier alpha value is -0.0800. The SMILES string of the molecule is CCCCCCCCCC(O)CCCC(O)CC. The second kappa shape index (κ2) is 13.4. The zero-order chi connectivity index (χ0) is 13.6. The Bertz CT molecular complexity index is 159. The predicted octanol–water partition coefficient (Wildman–Crippen LogP) is 4.43. The average molecular weight is 258 g/mol. The van der Waals surface area contributed by atoms with E-state index < -0.39 is 0 Å². The van der Waals surface area contributed by atoms with Gasteiger partial charge in [0.15, 0.2) is 0 Å². The quantitative estimate of drug-likeness (QED) is 0.480. The molecule has 110 valence electrons. The van der Waals surface area contributed by atoms with Crippen LogP contribution in [0.5, 0.6) is 0 Å². The molecule has 0 bridgehead atoms. The summed E-state index contributed by atoms with van der Waals surface area (Å²) in [6, 6.07) is 0. The lowest BCUT2D eigenvalue weighted by Gasteiger charge is -2.12. The Labute approximate surface area is 114 Å². The van der Waals surface area contributed by atoms with Gasteiger partial charge in [-0.2, -0.15) is 0 Å². The van der Waals surface area contributed by atoms with Gasteiger partial charge in [0, 0.05) is 0 Å². The van der Waals surface area contributed by atoms with Crippen LogP contribution in [0.25, 0.3) is 0 Å². The first-order valence-corrected chi connectivity index (χ1v) is 8.06. The maximum Gasteiger partial charge on any atom is 0.0540 e. The average Bonchev–Trinajstić information content (AvgIpc) is 2.37. The summed E-state index contributed by atoms with van der Waals surface area (Å²) >= 11 is 0. The van der Waals surface area contributed by atoms with Gasteiger partial charge < -0.3 is 10.2 Å². The minimum Gasteiger partial charge on any atom is -0.393 e. The van der Waals surface area contributed by atoms with Crippen molar-refractivity contribution in [3.63, 3.8) is 0 Å². The molecule has 2 nitrogen and oxygen atoms in total. The van der Waals surface area contributed by atoms with Crippen LogP contribution in [0.2, 0.25) is 0 Å². The van der Waals surface area contributed by atoms with Crippen molar-refractivity contribution in [3.8, 4) is 0 Å². The van der Waals surface area contributed by atoms with Crippen LogP contribution in [-0.4, -0.2) is 22.4 Å². The fourth-order valence-electron chi connectivity index (χ4n) is 2.27. The molecular weight excluding hydrogens is 224 g/mol. The summed E-state index contributed by atoms with van der Waals surface area (Å²) in [6.07, 6.45) is 13.2. The normalized spacial score (nSPS) is 14.7. The van der Waals surface area contributed by atoms with Crippen LogP contribution in [-0.2, 0) is 0 Å². The summed E-state index contributed by atoms with van der Waals surface area (Å²) in [6.45, 7) is 4.24. The highest BCUT2D eigenvalue weighted by Gasteiger charge is 2.06. The van der Waals surface area contributed by atoms with Crippen LogP contribution in [0.15, 0.2) is 0 Å². The molecular formula is C16H34O2. The minimum atomic E-state index is -0.171. The molecule has 2 heteroatoms. The number of rotatable bonds is 13. The topological polar surface area (TPSA) is 40.5 Å². The van der Waals surface area contributed by atoms with E-state index in [1.165, 1.54) is 38.5 Å². The first-order chi connectivity index (χ1) is 8.70. The highest BCUT2D eigenvalue weighted by molar-refractivity contribution is 4.59. The van der Waals surface area contributed by atoms with Crippen molar-refractivity contribution in [2.75, 3.05) is 0 Å². The molecule has 0 aromatic carbocycles. The molecule has 0 radical (unpaired) electrons. The van der Waals surface area contributed by atoms with Gasteiger partial charge in [0.1, 0.15) is 0 Å². The van der Waals surface area contributed by atoms with E-state index in [0.29, 0.717) is 0 Å². The third-order valence-corrected chi connectivity index (χ3v) is 3.69. The minimum absolute atomic E-state index is 0.148. The second-order valence-corrected chi connectivity index (χ2v) is 5.56. The zero-order valence-electron chi connectivity index (χ0n) is 12.5. The maximum atomic E-state index is 9.79. The van der Waals surface area contributed by atoms with Gasteiger partial charge in [-0.25, -0.2) is 0 Å². The first kappa shape index (κ1) is 17.9. The fraction of sp³-hybridized carbons (Fsp3) is 1.00. The third kappa shape index (κ3) is 12.4. The van der Waals surface area contributed by atoms with Crippen molar-refractivity contribution < 1.29 is 10.2 Å². The number of unbranched alkanes of at least 4 members (excludes halogenated alkanes) is 6. The summed E-state index contributed by atoms with van der Waals surface area (Å²) in [5.41, 5.74) is 0. The Balaban J connectivity index is 3.19. The number of aliphatic hydroxyl groups excluding tert-OH is 2. The van der Waals surface area contributed by atoms with Crippen LogP contribution in [0, 0.1) is 0 Å². The van der Waals surface area contributed by atoms with E-state index in [1.807, 2.05) is 6.92 Å². The molecule has 0 spiro atoms. The smallest absolute Gasteiger partial charge is 0.0540 e. The van der Waals surface area contributed by atoms with Gasteiger partial charge in [0.2, 0.25) is 0 Å². The fourth-order valence-corrected chi connectivity index (χ4v) is 2.27. The van der Waals surface area contributed by atoms with E-state index in [-0.39, 0.29) is 12.2 Å². The van der Waals surface area contributed by atoms with Crippen LogP contribution < -0.4 is 0 Å². The molecule has 0 heterocycles. The maximum absolute atomic E-state index is 9.79. The summed E-state index contributed by atoms with van der Waals surface area (Å²) in [5.74, 6) is 0. The van der Waals surface area contributed by atoms with Crippen LogP contribution in [0.4, 0.5) is 0 Å². The molecule has 2 N–H and O–H groups in total. The van der Waals surface area contributed by atoms with Crippen LogP contribution in [0.1, 0.15) is 90.9 Å². The molecule has 0 amide bonds. The Kier molecular flexibility index (Phi) is 13.3. The van der Waals surface area contributed by atoms with Crippen LogP contribution in [0.3, 0.4) is 0 Å². The Morgan fingerprint density at radius 2 is 1.11 bits per heavy atom. The molecule has 0 aromatic rings. The number of aliphatic hydroxyl groups is 2. The second-order valence-electron chi connectivity index (χ2n) is 5.56. The van der Waals surface area contributed by atoms with Crippen molar-refractivity contribution in [3.05, 3.63) is 0 Å². The van der Waals surface area contributed by atoms with Gasteiger partial charge in [-0.15, -0.1) is 0 Å². The molecule has 2 unspecified atom stereocenters. The van der Waals surface area contributed by atoms with Gasteiger partial charge in [0.25, 0.3) is 0 Å². The molecule has 0 fully saturated rings. The Morgan fingerprint density at radius 3 is 1.72 bits per heavy atom. The first-order valence-electron chi connectivity index (χ1n) is 8.06. The predicted molar refractivity (Wildman–Crippen MR) is 78.8 cm³/mol. The standard InChI is InChI=1S/C16H34O2/c1-3-5-6-7-8-9-10-12-16(18)14-11-13-15(17)4-2/h15-18H,3-14H2,1-2H3.